The first-order valence-electron chi connectivity index (χ1n) is 7.28. The zero-order valence-corrected chi connectivity index (χ0v) is 12.4. The maximum absolute atomic E-state index is 12.3. The molecule has 0 aliphatic carbocycles. The zero-order valence-electron chi connectivity index (χ0n) is 12.4. The lowest BCUT2D eigenvalue weighted by molar-refractivity contribution is -0.116. The van der Waals surface area contributed by atoms with Gasteiger partial charge in [0, 0.05) is 35.8 Å². The maximum Gasteiger partial charge on any atom is 0.225 e. The lowest BCUT2D eigenvalue weighted by atomic mass is 10.0. The molecular formula is C18H17N3O. The Morgan fingerprint density at radius 2 is 1.86 bits per heavy atom. The van der Waals surface area contributed by atoms with E-state index >= 15 is 0 Å². The summed E-state index contributed by atoms with van der Waals surface area (Å²) < 4.78 is 0. The molecular weight excluding hydrogens is 274 g/mol. The van der Waals surface area contributed by atoms with Gasteiger partial charge in [0.15, 0.2) is 0 Å². The fraction of sp³-hybridized carbons (Fsp3) is 0.167. The topological polar surface area (TPSA) is 54.9 Å². The van der Waals surface area contributed by atoms with Crippen LogP contribution in [0.15, 0.2) is 60.9 Å². The molecule has 0 aliphatic heterocycles. The highest BCUT2D eigenvalue weighted by Gasteiger charge is 2.13. The van der Waals surface area contributed by atoms with E-state index < -0.39 is 0 Å². The standard InChI is InChI=1S/C18H17N3O/c1-13(15-8-2-3-10-19-15)12-17(22)21-16-9-4-6-14-7-5-11-20-18(14)16/h2-11,13H,12H2,1H3,(H,21,22). The Labute approximate surface area is 129 Å². The molecule has 0 saturated carbocycles. The Morgan fingerprint density at radius 1 is 1.05 bits per heavy atom. The predicted octanol–water partition coefficient (Wildman–Crippen LogP) is 3.76. The van der Waals surface area contributed by atoms with Crippen molar-refractivity contribution in [1.82, 2.24) is 9.97 Å². The largest absolute Gasteiger partial charge is 0.324 e. The minimum absolute atomic E-state index is 0.0312. The number of anilines is 1. The van der Waals surface area contributed by atoms with E-state index in [9.17, 15) is 4.79 Å². The van der Waals surface area contributed by atoms with E-state index in [-0.39, 0.29) is 11.8 Å². The fourth-order valence-corrected chi connectivity index (χ4v) is 2.46. The fourth-order valence-electron chi connectivity index (χ4n) is 2.46. The maximum atomic E-state index is 12.3. The molecule has 4 heteroatoms. The summed E-state index contributed by atoms with van der Waals surface area (Å²) in [6.45, 7) is 2.00. The van der Waals surface area contributed by atoms with Crippen molar-refractivity contribution in [1.29, 1.82) is 0 Å². The first kappa shape index (κ1) is 14.2. The van der Waals surface area contributed by atoms with Crippen LogP contribution in [-0.2, 0) is 4.79 Å². The molecule has 1 aromatic carbocycles. The minimum atomic E-state index is -0.0312. The monoisotopic (exact) mass is 291 g/mol. The number of rotatable bonds is 4. The molecule has 2 heterocycles. The van der Waals surface area contributed by atoms with Gasteiger partial charge in [0.25, 0.3) is 0 Å². The van der Waals surface area contributed by atoms with Gasteiger partial charge in [-0.3, -0.25) is 14.8 Å². The molecule has 0 spiro atoms. The third-order valence-electron chi connectivity index (χ3n) is 3.59. The van der Waals surface area contributed by atoms with Crippen LogP contribution in [0, 0.1) is 0 Å². The lowest BCUT2D eigenvalue weighted by Gasteiger charge is -2.12. The number of para-hydroxylation sites is 1. The van der Waals surface area contributed by atoms with Gasteiger partial charge < -0.3 is 5.32 Å². The molecule has 3 rings (SSSR count). The second-order valence-electron chi connectivity index (χ2n) is 5.29. The molecule has 1 atom stereocenters. The Morgan fingerprint density at radius 3 is 2.68 bits per heavy atom. The summed E-state index contributed by atoms with van der Waals surface area (Å²) in [6, 6.07) is 15.4. The molecule has 0 radical (unpaired) electrons. The quantitative estimate of drug-likeness (QED) is 0.796. The summed E-state index contributed by atoms with van der Waals surface area (Å²) in [6.07, 6.45) is 3.87. The van der Waals surface area contributed by atoms with Crippen LogP contribution in [-0.4, -0.2) is 15.9 Å². The summed E-state index contributed by atoms with van der Waals surface area (Å²) in [7, 11) is 0. The number of hydrogen-bond acceptors (Lipinski definition) is 3. The zero-order chi connectivity index (χ0) is 15.4. The number of carbonyl (C=O) groups is 1. The molecule has 1 unspecified atom stereocenters. The summed E-state index contributed by atoms with van der Waals surface area (Å²) in [5.41, 5.74) is 2.48. The van der Waals surface area contributed by atoms with Gasteiger partial charge in [0.1, 0.15) is 0 Å². The predicted molar refractivity (Wildman–Crippen MR) is 87.6 cm³/mol. The summed E-state index contributed by atoms with van der Waals surface area (Å²) >= 11 is 0. The number of hydrogen-bond donors (Lipinski definition) is 1. The lowest BCUT2D eigenvalue weighted by Crippen LogP contribution is -2.15. The molecule has 110 valence electrons. The number of benzene rings is 1. The molecule has 0 aliphatic rings. The number of amides is 1. The summed E-state index contributed by atoms with van der Waals surface area (Å²) in [4.78, 5) is 20.9. The van der Waals surface area contributed by atoms with E-state index in [1.54, 1.807) is 12.4 Å². The van der Waals surface area contributed by atoms with Crippen molar-refractivity contribution in [2.75, 3.05) is 5.32 Å². The van der Waals surface area contributed by atoms with Gasteiger partial charge in [-0.25, -0.2) is 0 Å². The molecule has 1 N–H and O–H groups in total. The van der Waals surface area contributed by atoms with E-state index in [0.29, 0.717) is 6.42 Å². The molecule has 0 bridgehead atoms. The van der Waals surface area contributed by atoms with E-state index in [1.807, 2.05) is 55.5 Å². The number of pyridine rings is 2. The third kappa shape index (κ3) is 3.11. The second-order valence-corrected chi connectivity index (χ2v) is 5.29. The number of fused-ring (bicyclic) bond motifs is 1. The molecule has 22 heavy (non-hydrogen) atoms. The van der Waals surface area contributed by atoms with Gasteiger partial charge in [-0.05, 0) is 24.3 Å². The average molecular weight is 291 g/mol. The van der Waals surface area contributed by atoms with Crippen LogP contribution in [0.1, 0.15) is 25.0 Å². The second kappa shape index (κ2) is 6.35. The minimum Gasteiger partial charge on any atom is -0.324 e. The number of carbonyl (C=O) groups excluding carboxylic acids is 1. The van der Waals surface area contributed by atoms with Crippen molar-refractivity contribution in [2.45, 2.75) is 19.3 Å². The van der Waals surface area contributed by atoms with Gasteiger partial charge in [-0.2, -0.15) is 0 Å². The normalized spacial score (nSPS) is 12.0. The van der Waals surface area contributed by atoms with Crippen LogP contribution < -0.4 is 5.32 Å². The Bertz CT molecular complexity index is 781. The highest BCUT2D eigenvalue weighted by molar-refractivity contribution is 6.00. The molecule has 2 aromatic heterocycles. The first-order chi connectivity index (χ1) is 10.7. The summed E-state index contributed by atoms with van der Waals surface area (Å²) in [5, 5.41) is 3.97. The van der Waals surface area contributed by atoms with Crippen molar-refractivity contribution >= 4 is 22.5 Å². The van der Waals surface area contributed by atoms with Crippen LogP contribution in [0.2, 0.25) is 0 Å². The smallest absolute Gasteiger partial charge is 0.225 e. The van der Waals surface area contributed by atoms with E-state index in [0.717, 1.165) is 22.3 Å². The molecule has 1 amide bonds. The molecule has 4 nitrogen and oxygen atoms in total. The molecule has 3 aromatic rings. The van der Waals surface area contributed by atoms with Gasteiger partial charge in [-0.1, -0.05) is 31.2 Å². The number of nitrogens with one attached hydrogen (secondary N) is 1. The number of aromatic nitrogens is 2. The van der Waals surface area contributed by atoms with Crippen LogP contribution in [0.5, 0.6) is 0 Å². The SMILES string of the molecule is CC(CC(=O)Nc1cccc2cccnc12)c1ccccn1. The van der Waals surface area contributed by atoms with E-state index in [2.05, 4.69) is 15.3 Å². The van der Waals surface area contributed by atoms with Crippen molar-refractivity contribution in [2.24, 2.45) is 0 Å². The van der Waals surface area contributed by atoms with Crippen molar-refractivity contribution in [3.63, 3.8) is 0 Å². The third-order valence-corrected chi connectivity index (χ3v) is 3.59. The Hall–Kier alpha value is -2.75. The van der Waals surface area contributed by atoms with Gasteiger partial charge in [-0.15, -0.1) is 0 Å². The van der Waals surface area contributed by atoms with Gasteiger partial charge in [0.05, 0.1) is 11.2 Å². The van der Waals surface area contributed by atoms with Crippen LogP contribution in [0.4, 0.5) is 5.69 Å². The van der Waals surface area contributed by atoms with E-state index in [1.165, 1.54) is 0 Å². The van der Waals surface area contributed by atoms with Gasteiger partial charge in [0.2, 0.25) is 5.91 Å². The first-order valence-corrected chi connectivity index (χ1v) is 7.28. The molecule has 0 fully saturated rings. The van der Waals surface area contributed by atoms with Crippen LogP contribution in [0.25, 0.3) is 10.9 Å². The van der Waals surface area contributed by atoms with Crippen molar-refractivity contribution in [3.05, 3.63) is 66.6 Å². The Kier molecular flexibility index (Phi) is 4.10. The number of nitrogens with zero attached hydrogens (tertiary/aromatic N) is 2. The van der Waals surface area contributed by atoms with E-state index in [4.69, 9.17) is 0 Å². The average Bonchev–Trinajstić information content (AvgIpc) is 2.56. The molecule has 0 saturated heterocycles. The Balaban J connectivity index is 1.74. The van der Waals surface area contributed by atoms with Crippen LogP contribution >= 0.6 is 0 Å². The van der Waals surface area contributed by atoms with Crippen LogP contribution in [0.3, 0.4) is 0 Å². The van der Waals surface area contributed by atoms with Gasteiger partial charge >= 0.3 is 0 Å². The highest BCUT2D eigenvalue weighted by atomic mass is 16.1. The summed E-state index contributed by atoms with van der Waals surface area (Å²) in [5.74, 6) is 0.0421. The highest BCUT2D eigenvalue weighted by Crippen LogP contribution is 2.22. The van der Waals surface area contributed by atoms with Crippen molar-refractivity contribution in [3.8, 4) is 0 Å². The van der Waals surface area contributed by atoms with Crippen molar-refractivity contribution < 1.29 is 4.79 Å².